The molecular weight excluding hydrogens is 251 g/mol. The molecule has 1 fully saturated rings. The van der Waals surface area contributed by atoms with Gasteiger partial charge in [0.2, 0.25) is 5.91 Å². The van der Waals surface area contributed by atoms with Gasteiger partial charge >= 0.3 is 0 Å². The molecule has 0 saturated carbocycles. The van der Waals surface area contributed by atoms with Crippen LogP contribution < -0.4 is 10.6 Å². The number of nitrogens with two attached hydrogens (primary N) is 1. The van der Waals surface area contributed by atoms with Crippen molar-refractivity contribution in [3.05, 3.63) is 29.6 Å². The summed E-state index contributed by atoms with van der Waals surface area (Å²) in [4.78, 5) is 13.6. The highest BCUT2D eigenvalue weighted by Crippen LogP contribution is 2.23. The summed E-state index contributed by atoms with van der Waals surface area (Å²) in [5.74, 6) is -0.374. The standard InChI is InChI=1S/C13H15FN2OS/c14-11-6-5-9(8-10(11)13(15)18)16-7-3-1-2-4-12(16)17/h5-6,8H,1-4,7H2,(H2,15,18). The molecule has 1 aliphatic rings. The van der Waals surface area contributed by atoms with Crippen molar-refractivity contribution in [2.75, 3.05) is 11.4 Å². The van der Waals surface area contributed by atoms with Gasteiger partial charge in [-0.15, -0.1) is 0 Å². The van der Waals surface area contributed by atoms with Crippen molar-refractivity contribution in [1.29, 1.82) is 0 Å². The molecule has 1 aromatic rings. The molecule has 18 heavy (non-hydrogen) atoms. The first-order chi connectivity index (χ1) is 8.59. The fourth-order valence-electron chi connectivity index (χ4n) is 2.13. The molecule has 2 rings (SSSR count). The Kier molecular flexibility index (Phi) is 3.91. The monoisotopic (exact) mass is 266 g/mol. The molecule has 96 valence electrons. The number of benzene rings is 1. The molecule has 0 aliphatic carbocycles. The minimum absolute atomic E-state index is 0.0108. The third-order valence-corrected chi connectivity index (χ3v) is 3.32. The molecule has 0 aromatic heterocycles. The van der Waals surface area contributed by atoms with Crippen LogP contribution in [0.25, 0.3) is 0 Å². The van der Waals surface area contributed by atoms with Crippen LogP contribution in [0, 0.1) is 5.82 Å². The lowest BCUT2D eigenvalue weighted by Crippen LogP contribution is -2.30. The summed E-state index contributed by atoms with van der Waals surface area (Å²) in [5.41, 5.74) is 6.33. The lowest BCUT2D eigenvalue weighted by Gasteiger charge is -2.21. The molecule has 1 heterocycles. The van der Waals surface area contributed by atoms with E-state index in [0.29, 0.717) is 18.7 Å². The molecule has 2 N–H and O–H groups in total. The van der Waals surface area contributed by atoms with Crippen molar-refractivity contribution in [3.63, 3.8) is 0 Å². The third-order valence-electron chi connectivity index (χ3n) is 3.10. The molecule has 0 bridgehead atoms. The SMILES string of the molecule is NC(=S)c1cc(N2CCCCCC2=O)ccc1F. The Hall–Kier alpha value is -1.49. The molecular formula is C13H15FN2OS. The van der Waals surface area contributed by atoms with E-state index >= 15 is 0 Å². The summed E-state index contributed by atoms with van der Waals surface area (Å²) in [6.45, 7) is 0.668. The first kappa shape index (κ1) is 13.0. The Morgan fingerprint density at radius 2 is 2.11 bits per heavy atom. The topological polar surface area (TPSA) is 46.3 Å². The first-order valence-corrected chi connectivity index (χ1v) is 6.40. The summed E-state index contributed by atoms with van der Waals surface area (Å²) in [7, 11) is 0. The van der Waals surface area contributed by atoms with E-state index in [1.165, 1.54) is 6.07 Å². The summed E-state index contributed by atoms with van der Waals surface area (Å²) in [6.07, 6.45) is 3.47. The number of thiocarbonyl (C=S) groups is 1. The Bertz CT molecular complexity index is 490. The van der Waals surface area contributed by atoms with Gasteiger partial charge in [0.1, 0.15) is 10.8 Å². The molecule has 0 spiro atoms. The van der Waals surface area contributed by atoms with Crippen LogP contribution in [0.3, 0.4) is 0 Å². The van der Waals surface area contributed by atoms with Crippen molar-refractivity contribution in [1.82, 2.24) is 0 Å². The van der Waals surface area contributed by atoms with Gasteiger partial charge in [0.05, 0.1) is 0 Å². The minimum atomic E-state index is -0.450. The van der Waals surface area contributed by atoms with E-state index in [0.717, 1.165) is 19.3 Å². The maximum Gasteiger partial charge on any atom is 0.226 e. The second kappa shape index (κ2) is 5.44. The second-order valence-electron chi connectivity index (χ2n) is 4.38. The van der Waals surface area contributed by atoms with E-state index in [4.69, 9.17) is 18.0 Å². The number of amides is 1. The Balaban J connectivity index is 2.34. The highest BCUT2D eigenvalue weighted by Gasteiger charge is 2.19. The van der Waals surface area contributed by atoms with Gasteiger partial charge in [0.25, 0.3) is 0 Å². The van der Waals surface area contributed by atoms with Gasteiger partial charge in [0, 0.05) is 24.2 Å². The quantitative estimate of drug-likeness (QED) is 0.836. The van der Waals surface area contributed by atoms with Gasteiger partial charge in [-0.25, -0.2) is 4.39 Å². The third kappa shape index (κ3) is 2.67. The molecule has 5 heteroatoms. The van der Waals surface area contributed by atoms with Crippen molar-refractivity contribution < 1.29 is 9.18 Å². The van der Waals surface area contributed by atoms with Crippen LogP contribution in [0.1, 0.15) is 31.2 Å². The smallest absolute Gasteiger partial charge is 0.226 e. The van der Waals surface area contributed by atoms with Gasteiger partial charge in [-0.05, 0) is 31.0 Å². The number of nitrogens with zero attached hydrogens (tertiary/aromatic N) is 1. The maximum atomic E-state index is 13.5. The molecule has 1 aromatic carbocycles. The normalized spacial score (nSPS) is 16.5. The molecule has 0 atom stereocenters. The molecule has 1 amide bonds. The number of carbonyl (C=O) groups excluding carboxylic acids is 1. The van der Waals surface area contributed by atoms with Gasteiger partial charge < -0.3 is 10.6 Å². The Morgan fingerprint density at radius 1 is 1.33 bits per heavy atom. The zero-order chi connectivity index (χ0) is 13.1. The summed E-state index contributed by atoms with van der Waals surface area (Å²) < 4.78 is 13.5. The largest absolute Gasteiger partial charge is 0.389 e. The van der Waals surface area contributed by atoms with E-state index in [9.17, 15) is 9.18 Å². The van der Waals surface area contributed by atoms with Crippen LogP contribution in [0.5, 0.6) is 0 Å². The molecule has 0 radical (unpaired) electrons. The second-order valence-corrected chi connectivity index (χ2v) is 4.82. The predicted octanol–water partition coefficient (Wildman–Crippen LogP) is 2.37. The maximum absolute atomic E-state index is 13.5. The minimum Gasteiger partial charge on any atom is -0.389 e. The van der Waals surface area contributed by atoms with Gasteiger partial charge in [-0.3, -0.25) is 4.79 Å². The van der Waals surface area contributed by atoms with E-state index in [2.05, 4.69) is 0 Å². The van der Waals surface area contributed by atoms with E-state index < -0.39 is 5.82 Å². The Morgan fingerprint density at radius 3 is 2.83 bits per heavy atom. The van der Waals surface area contributed by atoms with Gasteiger partial charge in [0.15, 0.2) is 0 Å². The summed E-state index contributed by atoms with van der Waals surface area (Å²) in [6, 6.07) is 4.46. The number of hydrogen-bond acceptors (Lipinski definition) is 2. The number of anilines is 1. The summed E-state index contributed by atoms with van der Waals surface area (Å²) in [5, 5.41) is 0. The number of hydrogen-bond donors (Lipinski definition) is 1. The zero-order valence-electron chi connectivity index (χ0n) is 9.99. The Labute approximate surface area is 111 Å². The van der Waals surface area contributed by atoms with Crippen LogP contribution in [-0.2, 0) is 4.79 Å². The van der Waals surface area contributed by atoms with E-state index in [1.807, 2.05) is 0 Å². The van der Waals surface area contributed by atoms with Gasteiger partial charge in [-0.2, -0.15) is 0 Å². The predicted molar refractivity (Wildman–Crippen MR) is 73.1 cm³/mol. The summed E-state index contributed by atoms with van der Waals surface area (Å²) >= 11 is 4.80. The number of rotatable bonds is 2. The molecule has 3 nitrogen and oxygen atoms in total. The van der Waals surface area contributed by atoms with E-state index in [-0.39, 0.29) is 16.5 Å². The highest BCUT2D eigenvalue weighted by atomic mass is 32.1. The van der Waals surface area contributed by atoms with Crippen LogP contribution >= 0.6 is 12.2 Å². The van der Waals surface area contributed by atoms with E-state index in [1.54, 1.807) is 17.0 Å². The van der Waals surface area contributed by atoms with Crippen molar-refractivity contribution in [2.24, 2.45) is 5.73 Å². The molecule has 1 saturated heterocycles. The van der Waals surface area contributed by atoms with Crippen LogP contribution in [0.15, 0.2) is 18.2 Å². The van der Waals surface area contributed by atoms with Crippen molar-refractivity contribution >= 4 is 28.8 Å². The average molecular weight is 266 g/mol. The van der Waals surface area contributed by atoms with Gasteiger partial charge in [-0.1, -0.05) is 18.6 Å². The number of halogens is 1. The van der Waals surface area contributed by atoms with Crippen LogP contribution in [0.4, 0.5) is 10.1 Å². The van der Waals surface area contributed by atoms with Crippen LogP contribution in [0.2, 0.25) is 0 Å². The van der Waals surface area contributed by atoms with Crippen molar-refractivity contribution in [3.8, 4) is 0 Å². The molecule has 1 aliphatic heterocycles. The average Bonchev–Trinajstić information content (AvgIpc) is 2.54. The fourth-order valence-corrected chi connectivity index (χ4v) is 2.28. The first-order valence-electron chi connectivity index (χ1n) is 5.99. The highest BCUT2D eigenvalue weighted by molar-refractivity contribution is 7.80. The lowest BCUT2D eigenvalue weighted by molar-refractivity contribution is -0.118. The van der Waals surface area contributed by atoms with Crippen molar-refractivity contribution in [2.45, 2.75) is 25.7 Å². The fraction of sp³-hybridized carbons (Fsp3) is 0.385. The van der Waals surface area contributed by atoms with Crippen LogP contribution in [-0.4, -0.2) is 17.4 Å². The zero-order valence-corrected chi connectivity index (χ0v) is 10.8. The number of carbonyl (C=O) groups is 1. The lowest BCUT2D eigenvalue weighted by atomic mass is 10.1. The molecule has 0 unspecified atom stereocenters.